The summed E-state index contributed by atoms with van der Waals surface area (Å²) in [5.41, 5.74) is 0.684. The highest BCUT2D eigenvalue weighted by atomic mass is 19.4. The molecule has 2 heterocycles. The van der Waals surface area contributed by atoms with Gasteiger partial charge in [0, 0.05) is 11.1 Å². The van der Waals surface area contributed by atoms with Crippen LogP contribution in [0.5, 0.6) is 0 Å². The Morgan fingerprint density at radius 1 is 1.23 bits per heavy atom. The lowest BCUT2D eigenvalue weighted by Crippen LogP contribution is -2.26. The van der Waals surface area contributed by atoms with E-state index in [1.54, 1.807) is 0 Å². The fourth-order valence-electron chi connectivity index (χ4n) is 1.97. The summed E-state index contributed by atoms with van der Waals surface area (Å²) in [4.78, 5) is 20.5. The third-order valence-corrected chi connectivity index (χ3v) is 3.04. The lowest BCUT2D eigenvalue weighted by molar-refractivity contribution is -0.159. The van der Waals surface area contributed by atoms with Crippen LogP contribution >= 0.6 is 0 Å². The van der Waals surface area contributed by atoms with E-state index in [-0.39, 0.29) is 11.7 Å². The van der Waals surface area contributed by atoms with Crippen molar-refractivity contribution in [1.82, 2.24) is 15.2 Å². The zero-order valence-electron chi connectivity index (χ0n) is 11.1. The van der Waals surface area contributed by atoms with Crippen molar-refractivity contribution in [2.45, 2.75) is 12.6 Å². The van der Waals surface area contributed by atoms with E-state index < -0.39 is 12.1 Å². The molecule has 1 saturated heterocycles. The molecule has 1 aromatic carbocycles. The maximum Gasteiger partial charge on any atom is 0.471 e. The highest BCUT2D eigenvalue weighted by Gasteiger charge is 2.38. The predicted octanol–water partition coefficient (Wildman–Crippen LogP) is 2.53. The second-order valence-corrected chi connectivity index (χ2v) is 4.59. The fraction of sp³-hybridized carbons (Fsp3) is 0.308. The van der Waals surface area contributed by atoms with Crippen LogP contribution in [0.15, 0.2) is 28.8 Å². The molecule has 6 nitrogen and oxygen atoms in total. The number of amides is 1. The van der Waals surface area contributed by atoms with Gasteiger partial charge in [-0.15, -0.1) is 0 Å². The van der Waals surface area contributed by atoms with Gasteiger partial charge in [0.25, 0.3) is 5.91 Å². The number of hydrogen-bond donors (Lipinski definition) is 0. The van der Waals surface area contributed by atoms with Gasteiger partial charge in [0.2, 0.25) is 5.82 Å². The Morgan fingerprint density at radius 2 is 1.95 bits per heavy atom. The Hall–Kier alpha value is -2.42. The van der Waals surface area contributed by atoms with E-state index in [1.165, 1.54) is 29.3 Å². The number of aromatic nitrogens is 2. The van der Waals surface area contributed by atoms with Crippen LogP contribution in [0.2, 0.25) is 0 Å². The number of carbonyl (C=O) groups is 1. The summed E-state index contributed by atoms with van der Waals surface area (Å²) in [5, 5.41) is 4.53. The van der Waals surface area contributed by atoms with E-state index in [2.05, 4.69) is 14.7 Å². The molecule has 0 bridgehead atoms. The van der Waals surface area contributed by atoms with Gasteiger partial charge in [0.1, 0.15) is 0 Å². The van der Waals surface area contributed by atoms with E-state index in [9.17, 15) is 18.0 Å². The first kappa shape index (κ1) is 14.5. The van der Waals surface area contributed by atoms with Gasteiger partial charge in [-0.05, 0) is 18.6 Å². The van der Waals surface area contributed by atoms with Gasteiger partial charge in [-0.2, -0.15) is 18.2 Å². The minimum atomic E-state index is -4.69. The third kappa shape index (κ3) is 2.80. The largest absolute Gasteiger partial charge is 0.471 e. The van der Waals surface area contributed by atoms with Crippen LogP contribution < -0.4 is 0 Å². The molecule has 1 aliphatic heterocycles. The van der Waals surface area contributed by atoms with Crippen LogP contribution in [0.1, 0.15) is 22.7 Å². The molecule has 3 rings (SSSR count). The van der Waals surface area contributed by atoms with Gasteiger partial charge in [-0.25, -0.2) is 5.06 Å². The standard InChI is InChI=1S/C13H10F3N3O3/c14-13(15,16)12-17-10(18-22-12)8-2-4-9(5-3-8)11(20)19-6-1-7-21-19/h2-5H,1,6-7H2. The van der Waals surface area contributed by atoms with Crippen molar-refractivity contribution in [3.8, 4) is 11.4 Å². The van der Waals surface area contributed by atoms with Crippen LogP contribution in [0.25, 0.3) is 11.4 Å². The van der Waals surface area contributed by atoms with Crippen LogP contribution in [0.4, 0.5) is 13.2 Å². The van der Waals surface area contributed by atoms with Crippen LogP contribution in [-0.4, -0.2) is 34.3 Å². The van der Waals surface area contributed by atoms with Gasteiger partial charge in [0.15, 0.2) is 0 Å². The van der Waals surface area contributed by atoms with Crippen LogP contribution in [0.3, 0.4) is 0 Å². The number of alkyl halides is 3. The van der Waals surface area contributed by atoms with Crippen molar-refractivity contribution in [3.63, 3.8) is 0 Å². The molecule has 116 valence electrons. The maximum absolute atomic E-state index is 12.4. The van der Waals surface area contributed by atoms with Crippen molar-refractivity contribution in [2.75, 3.05) is 13.2 Å². The molecule has 1 amide bonds. The molecule has 0 saturated carbocycles. The Labute approximate surface area is 122 Å². The van der Waals surface area contributed by atoms with E-state index in [0.29, 0.717) is 24.3 Å². The van der Waals surface area contributed by atoms with Crippen molar-refractivity contribution >= 4 is 5.91 Å². The highest BCUT2D eigenvalue weighted by Crippen LogP contribution is 2.29. The number of halogens is 3. The second-order valence-electron chi connectivity index (χ2n) is 4.59. The second kappa shape index (κ2) is 5.41. The highest BCUT2D eigenvalue weighted by molar-refractivity contribution is 5.94. The number of carbonyl (C=O) groups excluding carboxylic acids is 1. The van der Waals surface area contributed by atoms with Gasteiger partial charge >= 0.3 is 12.1 Å². The number of nitrogens with zero attached hydrogens (tertiary/aromatic N) is 3. The molecule has 0 N–H and O–H groups in total. The summed E-state index contributed by atoms with van der Waals surface area (Å²) >= 11 is 0. The fourth-order valence-corrected chi connectivity index (χ4v) is 1.97. The summed E-state index contributed by atoms with van der Waals surface area (Å²) < 4.78 is 41.4. The van der Waals surface area contributed by atoms with E-state index >= 15 is 0 Å². The summed E-state index contributed by atoms with van der Waals surface area (Å²) in [6.45, 7) is 1.01. The molecule has 0 spiro atoms. The molecular formula is C13H10F3N3O3. The van der Waals surface area contributed by atoms with Gasteiger partial charge < -0.3 is 4.52 Å². The SMILES string of the molecule is O=C(c1ccc(-c2noc(C(F)(F)F)n2)cc1)N1CCCO1. The van der Waals surface area contributed by atoms with E-state index in [0.717, 1.165) is 6.42 Å². The molecule has 0 radical (unpaired) electrons. The van der Waals surface area contributed by atoms with Crippen molar-refractivity contribution < 1.29 is 27.3 Å². The summed E-state index contributed by atoms with van der Waals surface area (Å²) in [7, 11) is 0. The average molecular weight is 313 g/mol. The Kier molecular flexibility index (Phi) is 3.57. The number of hydroxylamine groups is 2. The zero-order chi connectivity index (χ0) is 15.7. The lowest BCUT2D eigenvalue weighted by atomic mass is 10.1. The molecular weight excluding hydrogens is 303 g/mol. The lowest BCUT2D eigenvalue weighted by Gasteiger charge is -2.13. The van der Waals surface area contributed by atoms with Crippen LogP contribution in [-0.2, 0) is 11.0 Å². The summed E-state index contributed by atoms with van der Waals surface area (Å²) in [6, 6.07) is 5.86. The molecule has 0 aliphatic carbocycles. The smallest absolute Gasteiger partial charge is 0.329 e. The van der Waals surface area contributed by atoms with E-state index in [4.69, 9.17) is 4.84 Å². The van der Waals surface area contributed by atoms with Gasteiger partial charge in [0.05, 0.1) is 13.2 Å². The van der Waals surface area contributed by atoms with Gasteiger partial charge in [-0.1, -0.05) is 17.3 Å². The van der Waals surface area contributed by atoms with Crippen molar-refractivity contribution in [2.24, 2.45) is 0 Å². The third-order valence-electron chi connectivity index (χ3n) is 3.04. The number of rotatable bonds is 2. The first-order valence-corrected chi connectivity index (χ1v) is 6.41. The molecule has 1 aromatic heterocycles. The number of hydrogen-bond acceptors (Lipinski definition) is 5. The monoisotopic (exact) mass is 313 g/mol. The number of benzene rings is 1. The zero-order valence-corrected chi connectivity index (χ0v) is 11.1. The molecule has 1 aliphatic rings. The molecule has 0 atom stereocenters. The maximum atomic E-state index is 12.4. The topological polar surface area (TPSA) is 68.5 Å². The molecule has 2 aromatic rings. The Bertz CT molecular complexity index is 676. The Balaban J connectivity index is 1.79. The van der Waals surface area contributed by atoms with Gasteiger partial charge in [-0.3, -0.25) is 9.63 Å². The average Bonchev–Trinajstić information content (AvgIpc) is 3.17. The quantitative estimate of drug-likeness (QED) is 0.852. The normalized spacial score (nSPS) is 15.3. The first-order valence-electron chi connectivity index (χ1n) is 6.41. The Morgan fingerprint density at radius 3 is 2.50 bits per heavy atom. The van der Waals surface area contributed by atoms with Crippen molar-refractivity contribution in [3.05, 3.63) is 35.7 Å². The minimum Gasteiger partial charge on any atom is -0.329 e. The molecule has 22 heavy (non-hydrogen) atoms. The molecule has 0 unspecified atom stereocenters. The molecule has 9 heteroatoms. The van der Waals surface area contributed by atoms with E-state index in [1.807, 2.05) is 0 Å². The summed E-state index contributed by atoms with van der Waals surface area (Å²) in [6.07, 6.45) is -3.92. The summed E-state index contributed by atoms with van der Waals surface area (Å²) in [5.74, 6) is -1.90. The van der Waals surface area contributed by atoms with Crippen molar-refractivity contribution in [1.29, 1.82) is 0 Å². The van der Waals surface area contributed by atoms with Crippen LogP contribution in [0, 0.1) is 0 Å². The minimum absolute atomic E-state index is 0.191. The first-order chi connectivity index (χ1) is 10.4. The molecule has 1 fully saturated rings. The predicted molar refractivity (Wildman–Crippen MR) is 66.3 cm³/mol.